The van der Waals surface area contributed by atoms with E-state index in [2.05, 4.69) is 22.2 Å². The fraction of sp³-hybridized carbons (Fsp3) is 0.625. The number of rotatable bonds is 5. The van der Waals surface area contributed by atoms with Crippen molar-refractivity contribution in [3.63, 3.8) is 0 Å². The van der Waals surface area contributed by atoms with Crippen LogP contribution in [-0.2, 0) is 12.7 Å². The van der Waals surface area contributed by atoms with Crippen LogP contribution in [-0.4, -0.2) is 56.1 Å². The molecular weight excluding hydrogens is 291 g/mol. The van der Waals surface area contributed by atoms with Crippen LogP contribution in [0.2, 0.25) is 0 Å². The predicted octanol–water partition coefficient (Wildman–Crippen LogP) is 2.35. The smallest absolute Gasteiger partial charge is 0.311 e. The summed E-state index contributed by atoms with van der Waals surface area (Å²) in [6, 6.07) is 4.52. The molecule has 3 nitrogen and oxygen atoms in total. The molecule has 0 aliphatic carbocycles. The Labute approximate surface area is 130 Å². The molecule has 1 aromatic rings. The fourth-order valence-electron chi connectivity index (χ4n) is 2.64. The number of piperazine rings is 1. The summed E-state index contributed by atoms with van der Waals surface area (Å²) in [7, 11) is 2.10. The van der Waals surface area contributed by atoms with E-state index < -0.39 is 11.7 Å². The van der Waals surface area contributed by atoms with Crippen LogP contribution in [0, 0.1) is 6.92 Å². The van der Waals surface area contributed by atoms with Crippen molar-refractivity contribution in [3.05, 3.63) is 34.9 Å². The molecule has 1 aliphatic heterocycles. The summed E-state index contributed by atoms with van der Waals surface area (Å²) < 4.78 is 39.1. The lowest BCUT2D eigenvalue weighted by Crippen LogP contribution is -2.46. The van der Waals surface area contributed by atoms with Gasteiger partial charge in [0.15, 0.2) is 0 Å². The van der Waals surface area contributed by atoms with Crippen molar-refractivity contribution < 1.29 is 13.2 Å². The number of nitrogens with one attached hydrogen (secondary N) is 1. The minimum atomic E-state index is -4.29. The molecule has 1 N–H and O–H groups in total. The predicted molar refractivity (Wildman–Crippen MR) is 81.8 cm³/mol. The molecule has 1 aliphatic rings. The maximum atomic E-state index is 13.0. The van der Waals surface area contributed by atoms with Gasteiger partial charge in [-0.05, 0) is 25.6 Å². The summed E-state index contributed by atoms with van der Waals surface area (Å²) in [4.78, 5) is 4.62. The number of likely N-dealkylation sites (N-methyl/N-ethyl adjacent to an activating group) is 1. The van der Waals surface area contributed by atoms with Gasteiger partial charge in [-0.2, -0.15) is 13.2 Å². The minimum Gasteiger partial charge on any atom is -0.311 e. The molecule has 2 rings (SSSR count). The Morgan fingerprint density at radius 1 is 1.14 bits per heavy atom. The standard InChI is InChI=1S/C16H24F3N3/c1-13-3-4-14(15(11-13)16(17,18)19)12-20-5-6-22-9-7-21(2)8-10-22/h3-4,11,20H,5-10,12H2,1-2H3. The molecule has 1 aromatic carbocycles. The number of aryl methyl sites for hydroxylation is 1. The average Bonchev–Trinajstić information content (AvgIpc) is 2.45. The zero-order chi connectivity index (χ0) is 16.2. The topological polar surface area (TPSA) is 18.5 Å². The van der Waals surface area contributed by atoms with Gasteiger partial charge in [0.05, 0.1) is 5.56 Å². The summed E-state index contributed by atoms with van der Waals surface area (Å²) in [6.07, 6.45) is -4.29. The summed E-state index contributed by atoms with van der Waals surface area (Å²) >= 11 is 0. The first-order valence-corrected chi connectivity index (χ1v) is 7.64. The van der Waals surface area contributed by atoms with Crippen LogP contribution in [0.5, 0.6) is 0 Å². The third-order valence-corrected chi connectivity index (χ3v) is 4.09. The van der Waals surface area contributed by atoms with Crippen molar-refractivity contribution in [2.24, 2.45) is 0 Å². The van der Waals surface area contributed by atoms with Crippen molar-refractivity contribution >= 4 is 0 Å². The van der Waals surface area contributed by atoms with E-state index in [4.69, 9.17) is 0 Å². The summed E-state index contributed by atoms with van der Waals surface area (Å²) in [6.45, 7) is 7.66. The molecule has 1 saturated heterocycles. The highest BCUT2D eigenvalue weighted by Crippen LogP contribution is 2.32. The van der Waals surface area contributed by atoms with Gasteiger partial charge < -0.3 is 10.2 Å². The third-order valence-electron chi connectivity index (χ3n) is 4.09. The second kappa shape index (κ2) is 7.44. The molecular formula is C16H24F3N3. The van der Waals surface area contributed by atoms with E-state index in [1.54, 1.807) is 19.1 Å². The maximum absolute atomic E-state index is 13.0. The molecule has 0 atom stereocenters. The van der Waals surface area contributed by atoms with Gasteiger partial charge in [0.1, 0.15) is 0 Å². The van der Waals surface area contributed by atoms with Crippen molar-refractivity contribution in [3.8, 4) is 0 Å². The lowest BCUT2D eigenvalue weighted by atomic mass is 10.0. The maximum Gasteiger partial charge on any atom is 0.416 e. The number of alkyl halides is 3. The van der Waals surface area contributed by atoms with Gasteiger partial charge in [-0.3, -0.25) is 4.90 Å². The molecule has 0 saturated carbocycles. The van der Waals surface area contributed by atoms with E-state index in [9.17, 15) is 13.2 Å². The SMILES string of the molecule is Cc1ccc(CNCCN2CCN(C)CC2)c(C(F)(F)F)c1. The van der Waals surface area contributed by atoms with E-state index in [0.29, 0.717) is 17.7 Å². The van der Waals surface area contributed by atoms with Crippen LogP contribution in [0.3, 0.4) is 0 Å². The van der Waals surface area contributed by atoms with Gasteiger partial charge in [0, 0.05) is 45.8 Å². The molecule has 0 radical (unpaired) electrons. The Morgan fingerprint density at radius 2 is 1.82 bits per heavy atom. The Balaban J connectivity index is 1.82. The summed E-state index contributed by atoms with van der Waals surface area (Å²) in [5.74, 6) is 0. The Morgan fingerprint density at radius 3 is 2.45 bits per heavy atom. The highest BCUT2D eigenvalue weighted by atomic mass is 19.4. The lowest BCUT2D eigenvalue weighted by Gasteiger charge is -2.32. The molecule has 22 heavy (non-hydrogen) atoms. The molecule has 0 amide bonds. The normalized spacial score (nSPS) is 17.9. The van der Waals surface area contributed by atoms with Crippen molar-refractivity contribution in [1.82, 2.24) is 15.1 Å². The fourth-order valence-corrected chi connectivity index (χ4v) is 2.64. The summed E-state index contributed by atoms with van der Waals surface area (Å²) in [5.41, 5.74) is 0.421. The van der Waals surface area contributed by atoms with Crippen molar-refractivity contribution in [2.45, 2.75) is 19.6 Å². The van der Waals surface area contributed by atoms with Gasteiger partial charge in [0.2, 0.25) is 0 Å². The quantitative estimate of drug-likeness (QED) is 0.842. The molecule has 1 heterocycles. The Bertz CT molecular complexity index is 480. The van der Waals surface area contributed by atoms with E-state index in [1.165, 1.54) is 6.07 Å². The number of nitrogens with zero attached hydrogens (tertiary/aromatic N) is 2. The van der Waals surface area contributed by atoms with Gasteiger partial charge >= 0.3 is 6.18 Å². The highest BCUT2D eigenvalue weighted by Gasteiger charge is 2.33. The number of halogens is 3. The molecule has 1 fully saturated rings. The van der Waals surface area contributed by atoms with Crippen molar-refractivity contribution in [1.29, 1.82) is 0 Å². The molecule has 6 heteroatoms. The van der Waals surface area contributed by atoms with Gasteiger partial charge in [-0.25, -0.2) is 0 Å². The van der Waals surface area contributed by atoms with Crippen LogP contribution in [0.25, 0.3) is 0 Å². The van der Waals surface area contributed by atoms with Gasteiger partial charge in [-0.1, -0.05) is 17.7 Å². The van der Waals surface area contributed by atoms with Crippen LogP contribution >= 0.6 is 0 Å². The molecule has 0 bridgehead atoms. The minimum absolute atomic E-state index is 0.253. The number of hydrogen-bond acceptors (Lipinski definition) is 3. The number of benzene rings is 1. The Kier molecular flexibility index (Phi) is 5.83. The monoisotopic (exact) mass is 315 g/mol. The van der Waals surface area contributed by atoms with E-state index >= 15 is 0 Å². The highest BCUT2D eigenvalue weighted by molar-refractivity contribution is 5.33. The molecule has 0 unspecified atom stereocenters. The van der Waals surface area contributed by atoms with Crippen molar-refractivity contribution in [2.75, 3.05) is 46.3 Å². The van der Waals surface area contributed by atoms with Gasteiger partial charge in [0.25, 0.3) is 0 Å². The first-order chi connectivity index (χ1) is 10.4. The first-order valence-electron chi connectivity index (χ1n) is 7.64. The van der Waals surface area contributed by atoms with E-state index in [1.807, 2.05) is 0 Å². The number of hydrogen-bond donors (Lipinski definition) is 1. The lowest BCUT2D eigenvalue weighted by molar-refractivity contribution is -0.138. The summed E-state index contributed by atoms with van der Waals surface area (Å²) in [5, 5.41) is 3.14. The molecule has 0 spiro atoms. The van der Waals surface area contributed by atoms with Crippen LogP contribution in [0.4, 0.5) is 13.2 Å². The van der Waals surface area contributed by atoms with Crippen LogP contribution in [0.1, 0.15) is 16.7 Å². The second-order valence-corrected chi connectivity index (χ2v) is 5.98. The van der Waals surface area contributed by atoms with Crippen LogP contribution < -0.4 is 5.32 Å². The average molecular weight is 315 g/mol. The molecule has 0 aromatic heterocycles. The third kappa shape index (κ3) is 4.97. The van der Waals surface area contributed by atoms with Gasteiger partial charge in [-0.15, -0.1) is 0 Å². The Hall–Kier alpha value is -1.11. The van der Waals surface area contributed by atoms with E-state index in [0.717, 1.165) is 32.7 Å². The van der Waals surface area contributed by atoms with E-state index in [-0.39, 0.29) is 6.54 Å². The largest absolute Gasteiger partial charge is 0.416 e. The van der Waals surface area contributed by atoms with Crippen LogP contribution in [0.15, 0.2) is 18.2 Å². The first kappa shape index (κ1) is 17.2. The molecule has 124 valence electrons. The zero-order valence-corrected chi connectivity index (χ0v) is 13.2. The zero-order valence-electron chi connectivity index (χ0n) is 13.2. The second-order valence-electron chi connectivity index (χ2n) is 5.98.